The van der Waals surface area contributed by atoms with Crippen LogP contribution in [0.15, 0.2) is 6.33 Å². The van der Waals surface area contributed by atoms with Crippen LogP contribution in [-0.4, -0.2) is 14.8 Å². The lowest BCUT2D eigenvalue weighted by atomic mass is 9.96. The van der Waals surface area contributed by atoms with Gasteiger partial charge in [0.05, 0.1) is 0 Å². The van der Waals surface area contributed by atoms with Gasteiger partial charge in [0.2, 0.25) is 0 Å². The minimum absolute atomic E-state index is 0.0707. The summed E-state index contributed by atoms with van der Waals surface area (Å²) in [7, 11) is 1.88. The normalized spacial score (nSPS) is 10.5. The molecule has 0 amide bonds. The molecule has 0 atom stereocenters. The second kappa shape index (κ2) is 4.24. The second-order valence-corrected chi connectivity index (χ2v) is 3.49. The van der Waals surface area contributed by atoms with Crippen molar-refractivity contribution >= 4 is 0 Å². The average Bonchev–Trinajstić information content (AvgIpc) is 2.39. The molecule has 1 aromatic heterocycles. The van der Waals surface area contributed by atoms with Crippen LogP contribution in [0.4, 0.5) is 0 Å². The molecule has 0 saturated heterocycles. The lowest BCUT2D eigenvalue weighted by Gasteiger charge is -2.11. The Labute approximate surface area is 74.8 Å². The third kappa shape index (κ3) is 3.03. The average molecular weight is 169 g/mol. The highest BCUT2D eigenvalue weighted by Gasteiger charge is 2.17. The fourth-order valence-electron chi connectivity index (χ4n) is 0.683. The van der Waals surface area contributed by atoms with E-state index in [4.69, 9.17) is 0 Å². The van der Waals surface area contributed by atoms with Gasteiger partial charge in [-0.2, -0.15) is 5.10 Å². The van der Waals surface area contributed by atoms with Crippen molar-refractivity contribution in [3.8, 4) is 0 Å². The SMILES string of the molecule is CC.Cn1cnc(C(C)(C)C)n1. The minimum Gasteiger partial charge on any atom is -0.256 e. The standard InChI is InChI=1S/C7H13N3.C2H6/c1-7(2,3)6-8-5-10(4)9-6;1-2/h5H,1-4H3;1-2H3. The molecule has 0 saturated carbocycles. The molecule has 1 aromatic rings. The quantitative estimate of drug-likeness (QED) is 0.595. The topological polar surface area (TPSA) is 30.7 Å². The van der Waals surface area contributed by atoms with Crippen LogP contribution >= 0.6 is 0 Å². The smallest absolute Gasteiger partial charge is 0.155 e. The lowest BCUT2D eigenvalue weighted by molar-refractivity contribution is 0.538. The van der Waals surface area contributed by atoms with E-state index in [9.17, 15) is 0 Å². The molecule has 0 bridgehead atoms. The van der Waals surface area contributed by atoms with Gasteiger partial charge in [0, 0.05) is 12.5 Å². The highest BCUT2D eigenvalue weighted by atomic mass is 15.3. The van der Waals surface area contributed by atoms with Gasteiger partial charge in [-0.25, -0.2) is 4.98 Å². The third-order valence-corrected chi connectivity index (χ3v) is 1.27. The Balaban J connectivity index is 0.000000561. The lowest BCUT2D eigenvalue weighted by Crippen LogP contribution is -2.13. The summed E-state index contributed by atoms with van der Waals surface area (Å²) >= 11 is 0. The van der Waals surface area contributed by atoms with E-state index in [1.165, 1.54) is 0 Å². The maximum atomic E-state index is 4.19. The first-order valence-electron chi connectivity index (χ1n) is 4.36. The monoisotopic (exact) mass is 169 g/mol. The Bertz CT molecular complexity index is 220. The molecular formula is C9H19N3. The van der Waals surface area contributed by atoms with E-state index in [-0.39, 0.29) is 5.41 Å². The Kier molecular flexibility index (Phi) is 3.93. The summed E-state index contributed by atoms with van der Waals surface area (Å²) in [4.78, 5) is 4.14. The zero-order valence-electron chi connectivity index (χ0n) is 8.92. The summed E-state index contributed by atoms with van der Waals surface area (Å²) < 4.78 is 1.72. The Morgan fingerprint density at radius 2 is 1.75 bits per heavy atom. The number of hydrogen-bond donors (Lipinski definition) is 0. The van der Waals surface area contributed by atoms with E-state index in [0.29, 0.717) is 0 Å². The van der Waals surface area contributed by atoms with Gasteiger partial charge in [0.15, 0.2) is 5.82 Å². The van der Waals surface area contributed by atoms with Gasteiger partial charge in [-0.1, -0.05) is 34.6 Å². The number of rotatable bonds is 0. The molecule has 0 aliphatic carbocycles. The van der Waals surface area contributed by atoms with Gasteiger partial charge < -0.3 is 0 Å². The molecule has 0 aromatic carbocycles. The van der Waals surface area contributed by atoms with Crippen LogP contribution in [0.25, 0.3) is 0 Å². The van der Waals surface area contributed by atoms with Crippen LogP contribution in [0.2, 0.25) is 0 Å². The molecule has 0 aliphatic rings. The molecule has 0 aliphatic heterocycles. The van der Waals surface area contributed by atoms with Crippen LogP contribution in [0.3, 0.4) is 0 Å². The number of nitrogens with zero attached hydrogens (tertiary/aromatic N) is 3. The molecule has 12 heavy (non-hydrogen) atoms. The van der Waals surface area contributed by atoms with Gasteiger partial charge >= 0.3 is 0 Å². The first-order valence-corrected chi connectivity index (χ1v) is 4.36. The molecule has 1 heterocycles. The number of aryl methyl sites for hydroxylation is 1. The van der Waals surface area contributed by atoms with Crippen LogP contribution in [0.1, 0.15) is 40.4 Å². The van der Waals surface area contributed by atoms with Crippen LogP contribution in [0.5, 0.6) is 0 Å². The Morgan fingerprint density at radius 3 is 1.92 bits per heavy atom. The fourth-order valence-corrected chi connectivity index (χ4v) is 0.683. The maximum Gasteiger partial charge on any atom is 0.155 e. The van der Waals surface area contributed by atoms with Gasteiger partial charge in [-0.05, 0) is 0 Å². The van der Waals surface area contributed by atoms with Crippen molar-refractivity contribution in [3.63, 3.8) is 0 Å². The van der Waals surface area contributed by atoms with Crippen molar-refractivity contribution < 1.29 is 0 Å². The minimum atomic E-state index is 0.0707. The van der Waals surface area contributed by atoms with Gasteiger partial charge in [0.1, 0.15) is 6.33 Å². The van der Waals surface area contributed by atoms with E-state index in [2.05, 4.69) is 30.9 Å². The van der Waals surface area contributed by atoms with E-state index >= 15 is 0 Å². The first-order chi connectivity index (χ1) is 5.50. The van der Waals surface area contributed by atoms with Gasteiger partial charge in [-0.15, -0.1) is 0 Å². The van der Waals surface area contributed by atoms with Crippen molar-refractivity contribution in [1.29, 1.82) is 0 Å². The summed E-state index contributed by atoms with van der Waals surface area (Å²) in [6.07, 6.45) is 1.72. The first kappa shape index (κ1) is 11.1. The van der Waals surface area contributed by atoms with E-state index in [1.807, 2.05) is 20.9 Å². The molecule has 0 unspecified atom stereocenters. The predicted molar refractivity (Wildman–Crippen MR) is 51.1 cm³/mol. The van der Waals surface area contributed by atoms with Crippen LogP contribution in [-0.2, 0) is 12.5 Å². The van der Waals surface area contributed by atoms with Crippen molar-refractivity contribution in [2.75, 3.05) is 0 Å². The van der Waals surface area contributed by atoms with Crippen LogP contribution in [0, 0.1) is 0 Å². The van der Waals surface area contributed by atoms with E-state index < -0.39 is 0 Å². The summed E-state index contributed by atoms with van der Waals surface area (Å²) in [6.45, 7) is 10.3. The largest absolute Gasteiger partial charge is 0.256 e. The molecule has 0 radical (unpaired) electrons. The Hall–Kier alpha value is -0.860. The van der Waals surface area contributed by atoms with Gasteiger partial charge in [-0.3, -0.25) is 4.68 Å². The summed E-state index contributed by atoms with van der Waals surface area (Å²) in [5, 5.41) is 4.19. The third-order valence-electron chi connectivity index (χ3n) is 1.27. The number of aromatic nitrogens is 3. The van der Waals surface area contributed by atoms with Crippen molar-refractivity contribution in [2.24, 2.45) is 7.05 Å². The molecule has 70 valence electrons. The molecule has 0 N–H and O–H groups in total. The van der Waals surface area contributed by atoms with E-state index in [0.717, 1.165) is 5.82 Å². The molecule has 1 rings (SSSR count). The molecule has 3 nitrogen and oxygen atoms in total. The zero-order valence-corrected chi connectivity index (χ0v) is 8.92. The molecule has 0 spiro atoms. The predicted octanol–water partition coefficient (Wildman–Crippen LogP) is 2.14. The molecule has 3 heteroatoms. The van der Waals surface area contributed by atoms with Crippen molar-refractivity contribution in [2.45, 2.75) is 40.0 Å². The van der Waals surface area contributed by atoms with Crippen molar-refractivity contribution in [3.05, 3.63) is 12.2 Å². The number of hydrogen-bond acceptors (Lipinski definition) is 2. The fraction of sp³-hybridized carbons (Fsp3) is 0.778. The van der Waals surface area contributed by atoms with Crippen LogP contribution < -0.4 is 0 Å². The zero-order chi connectivity index (χ0) is 9.78. The van der Waals surface area contributed by atoms with Gasteiger partial charge in [0.25, 0.3) is 0 Å². The molecular weight excluding hydrogens is 150 g/mol. The maximum absolute atomic E-state index is 4.19. The second-order valence-electron chi connectivity index (χ2n) is 3.49. The van der Waals surface area contributed by atoms with Crippen molar-refractivity contribution in [1.82, 2.24) is 14.8 Å². The Morgan fingerprint density at radius 1 is 1.25 bits per heavy atom. The van der Waals surface area contributed by atoms with E-state index in [1.54, 1.807) is 11.0 Å². The molecule has 0 fully saturated rings. The summed E-state index contributed by atoms with van der Waals surface area (Å²) in [5.74, 6) is 0.898. The highest BCUT2D eigenvalue weighted by molar-refractivity contribution is 4.97. The summed E-state index contributed by atoms with van der Waals surface area (Å²) in [5.41, 5.74) is 0.0707. The highest BCUT2D eigenvalue weighted by Crippen LogP contribution is 2.16. The summed E-state index contributed by atoms with van der Waals surface area (Å²) in [6, 6.07) is 0.